The van der Waals surface area contributed by atoms with Crippen molar-refractivity contribution in [3.05, 3.63) is 84.2 Å². The van der Waals surface area contributed by atoms with E-state index in [2.05, 4.69) is 10.6 Å². The normalized spacial score (nSPS) is 18.2. The molecule has 0 spiro atoms. The first-order valence-electron chi connectivity index (χ1n) is 13.5. The first-order chi connectivity index (χ1) is 20.0. The van der Waals surface area contributed by atoms with Crippen LogP contribution in [0.15, 0.2) is 77.7 Å². The number of hydrogen-bond acceptors (Lipinski definition) is 6. The summed E-state index contributed by atoms with van der Waals surface area (Å²) >= 11 is 0. The molecule has 0 radical (unpaired) electrons. The van der Waals surface area contributed by atoms with E-state index in [4.69, 9.17) is 4.74 Å². The van der Waals surface area contributed by atoms with E-state index in [1.807, 2.05) is 13.0 Å². The number of nitrogens with one attached hydrogen (secondary N) is 2. The Morgan fingerprint density at radius 1 is 1.10 bits per heavy atom. The Morgan fingerprint density at radius 3 is 2.43 bits per heavy atom. The zero-order valence-corrected chi connectivity index (χ0v) is 24.5. The molecule has 0 saturated carbocycles. The van der Waals surface area contributed by atoms with E-state index in [1.165, 1.54) is 19.2 Å². The van der Waals surface area contributed by atoms with Crippen LogP contribution in [0.4, 0.5) is 20.6 Å². The van der Waals surface area contributed by atoms with E-state index in [1.54, 1.807) is 54.3 Å². The van der Waals surface area contributed by atoms with Gasteiger partial charge in [0.2, 0.25) is 15.9 Å². The highest BCUT2D eigenvalue weighted by atomic mass is 32.2. The van der Waals surface area contributed by atoms with Gasteiger partial charge in [0, 0.05) is 36.4 Å². The Kier molecular flexibility index (Phi) is 9.81. The van der Waals surface area contributed by atoms with E-state index in [9.17, 15) is 27.5 Å². The van der Waals surface area contributed by atoms with Gasteiger partial charge in [-0.2, -0.15) is 4.31 Å². The van der Waals surface area contributed by atoms with Crippen LogP contribution in [0.2, 0.25) is 0 Å². The number of carbonyl (C=O) groups is 2. The number of urea groups is 1. The third-order valence-electron chi connectivity index (χ3n) is 7.16. The van der Waals surface area contributed by atoms with Crippen LogP contribution >= 0.6 is 0 Å². The highest BCUT2D eigenvalue weighted by molar-refractivity contribution is 7.89. The van der Waals surface area contributed by atoms with Crippen molar-refractivity contribution in [2.24, 2.45) is 5.92 Å². The maximum atomic E-state index is 13.4. The lowest BCUT2D eigenvalue weighted by molar-refractivity contribution is -0.134. The monoisotopic (exact) mass is 598 g/mol. The fraction of sp³-hybridized carbons (Fsp3) is 0.333. The lowest BCUT2D eigenvalue weighted by Gasteiger charge is -2.33. The number of sulfonamides is 1. The third kappa shape index (κ3) is 7.44. The van der Waals surface area contributed by atoms with Gasteiger partial charge in [0.1, 0.15) is 17.7 Å². The minimum Gasteiger partial charge on any atom is -0.488 e. The molecular formula is C30H35FN4O6S. The van der Waals surface area contributed by atoms with Crippen molar-refractivity contribution in [1.29, 1.82) is 0 Å². The van der Waals surface area contributed by atoms with Gasteiger partial charge >= 0.3 is 6.03 Å². The lowest BCUT2D eigenvalue weighted by atomic mass is 10.0. The average Bonchev–Trinajstić information content (AvgIpc) is 3.00. The number of hydrogen-bond donors (Lipinski definition) is 3. The summed E-state index contributed by atoms with van der Waals surface area (Å²) in [6.07, 6.45) is -0.748. The highest BCUT2D eigenvalue weighted by Gasteiger charge is 2.33. The van der Waals surface area contributed by atoms with E-state index in [-0.39, 0.29) is 42.8 Å². The molecule has 0 aromatic heterocycles. The minimum absolute atomic E-state index is 0.0569. The molecule has 0 bridgehead atoms. The molecule has 1 aliphatic heterocycles. The molecule has 224 valence electrons. The number of halogens is 1. The Morgan fingerprint density at radius 2 is 1.76 bits per heavy atom. The van der Waals surface area contributed by atoms with E-state index < -0.39 is 34.0 Å². The number of carbonyl (C=O) groups excluding carboxylic acids is 2. The Hall–Kier alpha value is -4.00. The van der Waals surface area contributed by atoms with Crippen molar-refractivity contribution in [1.82, 2.24) is 9.21 Å². The molecule has 0 saturated heterocycles. The number of aliphatic hydroxyl groups is 1. The molecule has 4 rings (SSSR count). The second-order valence-electron chi connectivity index (χ2n) is 10.4. The minimum atomic E-state index is -3.97. The van der Waals surface area contributed by atoms with Crippen LogP contribution in [0, 0.1) is 11.7 Å². The van der Waals surface area contributed by atoms with Crippen molar-refractivity contribution in [3.8, 4) is 5.75 Å². The van der Waals surface area contributed by atoms with E-state index in [0.717, 1.165) is 16.4 Å². The van der Waals surface area contributed by atoms with Crippen molar-refractivity contribution in [3.63, 3.8) is 0 Å². The SMILES string of the molecule is C[C@@H]1CN([C@@H](C)CO)C(=O)Cc2cc(NC(=O)Nc3ccccc3)ccc2O[C@@H]1CN(C)S(=O)(=O)c1ccc(F)cc1. The standard InChI is InChI=1S/C30H35FN4O6S/c1-20-17-35(21(2)19-36)29(37)16-22-15-25(33-30(38)32-24-7-5-4-6-8-24)11-14-27(22)41-28(20)18-34(3)42(39,40)26-12-9-23(31)10-13-26/h4-15,20-21,28,36H,16-19H2,1-3H3,(H2,32,33,38)/t20-,21+,28-/m1/s1. The lowest BCUT2D eigenvalue weighted by Crippen LogP contribution is -2.48. The van der Waals surface area contributed by atoms with Gasteiger partial charge in [-0.05, 0) is 61.5 Å². The molecule has 1 heterocycles. The zero-order valence-electron chi connectivity index (χ0n) is 23.7. The van der Waals surface area contributed by atoms with Crippen LogP contribution in [0.1, 0.15) is 19.4 Å². The number of fused-ring (bicyclic) bond motifs is 1. The summed E-state index contributed by atoms with van der Waals surface area (Å²) in [7, 11) is -2.55. The van der Waals surface area contributed by atoms with Gasteiger partial charge in [-0.1, -0.05) is 25.1 Å². The summed E-state index contributed by atoms with van der Waals surface area (Å²) in [5.41, 5.74) is 1.54. The predicted molar refractivity (Wildman–Crippen MR) is 157 cm³/mol. The van der Waals surface area contributed by atoms with Crippen molar-refractivity contribution in [2.45, 2.75) is 37.3 Å². The van der Waals surface area contributed by atoms with Crippen LogP contribution in [-0.4, -0.2) is 73.6 Å². The molecule has 3 amide bonds. The fourth-order valence-electron chi connectivity index (χ4n) is 4.68. The maximum Gasteiger partial charge on any atom is 0.323 e. The molecule has 3 aromatic carbocycles. The summed E-state index contributed by atoms with van der Waals surface area (Å²) in [4.78, 5) is 27.5. The fourth-order valence-corrected chi connectivity index (χ4v) is 5.86. The van der Waals surface area contributed by atoms with Gasteiger partial charge in [-0.3, -0.25) is 4.79 Å². The van der Waals surface area contributed by atoms with Crippen LogP contribution in [-0.2, 0) is 21.2 Å². The first-order valence-corrected chi connectivity index (χ1v) is 15.0. The summed E-state index contributed by atoms with van der Waals surface area (Å²) in [5, 5.41) is 15.4. The first kappa shape index (κ1) is 30.9. The summed E-state index contributed by atoms with van der Waals surface area (Å²) < 4.78 is 47.4. The third-order valence-corrected chi connectivity index (χ3v) is 9.00. The molecule has 3 N–H and O–H groups in total. The molecule has 3 atom stereocenters. The van der Waals surface area contributed by atoms with Crippen molar-refractivity contribution in [2.75, 3.05) is 37.4 Å². The number of amides is 3. The zero-order chi connectivity index (χ0) is 30.4. The second-order valence-corrected chi connectivity index (χ2v) is 12.4. The average molecular weight is 599 g/mol. The number of likely N-dealkylation sites (N-methyl/N-ethyl adjacent to an activating group) is 1. The number of benzene rings is 3. The Bertz CT molecular complexity index is 1500. The molecular weight excluding hydrogens is 563 g/mol. The summed E-state index contributed by atoms with van der Waals surface area (Å²) in [6, 6.07) is 17.5. The van der Waals surface area contributed by atoms with Gasteiger partial charge in [0.25, 0.3) is 0 Å². The molecule has 0 unspecified atom stereocenters. The molecule has 42 heavy (non-hydrogen) atoms. The summed E-state index contributed by atoms with van der Waals surface area (Å²) in [6.45, 7) is 3.49. The van der Waals surface area contributed by atoms with E-state index >= 15 is 0 Å². The summed E-state index contributed by atoms with van der Waals surface area (Å²) in [5.74, 6) is -0.753. The van der Waals surface area contributed by atoms with Gasteiger partial charge < -0.3 is 25.4 Å². The van der Waals surface area contributed by atoms with Crippen LogP contribution in [0.5, 0.6) is 5.75 Å². The quantitative estimate of drug-likeness (QED) is 0.361. The number of aliphatic hydroxyl groups excluding tert-OH is 1. The van der Waals surface area contributed by atoms with Crippen LogP contribution in [0.3, 0.4) is 0 Å². The Balaban J connectivity index is 1.62. The molecule has 3 aromatic rings. The number of rotatable bonds is 8. The molecule has 1 aliphatic rings. The number of para-hydroxylation sites is 1. The second kappa shape index (κ2) is 13.3. The van der Waals surface area contributed by atoms with Crippen LogP contribution in [0.25, 0.3) is 0 Å². The van der Waals surface area contributed by atoms with Crippen molar-refractivity contribution >= 4 is 33.3 Å². The Labute approximate surface area is 245 Å². The van der Waals surface area contributed by atoms with Crippen LogP contribution < -0.4 is 15.4 Å². The molecule has 0 fully saturated rings. The predicted octanol–water partition coefficient (Wildman–Crippen LogP) is 3.94. The maximum absolute atomic E-state index is 13.4. The molecule has 12 heteroatoms. The highest BCUT2D eigenvalue weighted by Crippen LogP contribution is 2.30. The topological polar surface area (TPSA) is 128 Å². The largest absolute Gasteiger partial charge is 0.488 e. The van der Waals surface area contributed by atoms with Crippen molar-refractivity contribution < 1.29 is 32.2 Å². The van der Waals surface area contributed by atoms with Gasteiger partial charge in [-0.25, -0.2) is 17.6 Å². The smallest absolute Gasteiger partial charge is 0.323 e. The number of nitrogens with zero attached hydrogens (tertiary/aromatic N) is 2. The van der Waals surface area contributed by atoms with Gasteiger partial charge in [-0.15, -0.1) is 0 Å². The van der Waals surface area contributed by atoms with Gasteiger partial charge in [0.05, 0.1) is 30.5 Å². The number of anilines is 2. The van der Waals surface area contributed by atoms with E-state index in [0.29, 0.717) is 22.7 Å². The molecule has 10 nitrogen and oxygen atoms in total. The molecule has 0 aliphatic carbocycles. The van der Waals surface area contributed by atoms with Gasteiger partial charge in [0.15, 0.2) is 0 Å². The number of ether oxygens (including phenoxy) is 1.